The van der Waals surface area contributed by atoms with Crippen LogP contribution >= 0.6 is 0 Å². The lowest BCUT2D eigenvalue weighted by Crippen LogP contribution is -2.32. The van der Waals surface area contributed by atoms with Gasteiger partial charge >= 0.3 is 0 Å². The molecule has 1 fully saturated rings. The summed E-state index contributed by atoms with van der Waals surface area (Å²) in [5.74, 6) is 0.398. The van der Waals surface area contributed by atoms with E-state index >= 15 is 0 Å². The Morgan fingerprint density at radius 1 is 1.41 bits per heavy atom. The molecule has 17 heavy (non-hydrogen) atoms. The zero-order chi connectivity index (χ0) is 12.1. The van der Waals surface area contributed by atoms with Crippen molar-refractivity contribution in [3.8, 4) is 0 Å². The maximum Gasteiger partial charge on any atom is 0.245 e. The number of amides is 1. The van der Waals surface area contributed by atoms with Gasteiger partial charge in [-0.3, -0.25) is 9.63 Å². The number of benzene rings is 1. The topological polar surface area (TPSA) is 64.4 Å². The van der Waals surface area contributed by atoms with Gasteiger partial charge in [-0.05, 0) is 24.3 Å². The third kappa shape index (κ3) is 4.17. The molecule has 0 spiro atoms. The average molecular weight is 234 g/mol. The summed E-state index contributed by atoms with van der Waals surface area (Å²) < 4.78 is 0. The van der Waals surface area contributed by atoms with Crippen molar-refractivity contribution < 1.29 is 9.63 Å². The van der Waals surface area contributed by atoms with E-state index in [-0.39, 0.29) is 11.9 Å². The van der Waals surface area contributed by atoms with Gasteiger partial charge in [0.1, 0.15) is 0 Å². The number of hydrogen-bond donors (Lipinski definition) is 2. The fraction of sp³-hybridized carbons (Fsp3) is 0.462. The minimum absolute atomic E-state index is 0.0182. The smallest absolute Gasteiger partial charge is 0.245 e. The van der Waals surface area contributed by atoms with Gasteiger partial charge in [-0.25, -0.2) is 5.48 Å². The lowest BCUT2D eigenvalue weighted by molar-refractivity contribution is -0.135. The summed E-state index contributed by atoms with van der Waals surface area (Å²) in [7, 11) is 0. The van der Waals surface area contributed by atoms with E-state index < -0.39 is 0 Å². The summed E-state index contributed by atoms with van der Waals surface area (Å²) in [6, 6.07) is 9.68. The van der Waals surface area contributed by atoms with Gasteiger partial charge in [0.25, 0.3) is 0 Å². The van der Waals surface area contributed by atoms with E-state index in [1.54, 1.807) is 0 Å². The molecule has 1 aliphatic rings. The number of carbonyl (C=O) groups excluding carboxylic acids is 1. The van der Waals surface area contributed by atoms with Crippen molar-refractivity contribution in [1.29, 1.82) is 0 Å². The first kappa shape index (κ1) is 12.1. The highest BCUT2D eigenvalue weighted by molar-refractivity contribution is 5.75. The first-order chi connectivity index (χ1) is 8.25. The minimum atomic E-state index is -0.139. The van der Waals surface area contributed by atoms with Gasteiger partial charge in [0.2, 0.25) is 5.91 Å². The first-order valence-electron chi connectivity index (χ1n) is 5.96. The van der Waals surface area contributed by atoms with E-state index in [4.69, 9.17) is 10.6 Å². The summed E-state index contributed by atoms with van der Waals surface area (Å²) in [4.78, 5) is 16.6. The van der Waals surface area contributed by atoms with Crippen LogP contribution in [0.4, 0.5) is 0 Å². The minimum Gasteiger partial charge on any atom is -0.327 e. The number of hydroxylamine groups is 1. The van der Waals surface area contributed by atoms with E-state index in [1.165, 1.54) is 0 Å². The molecule has 0 heterocycles. The lowest BCUT2D eigenvalue weighted by Gasteiger charge is -2.10. The molecule has 92 valence electrons. The Labute approximate surface area is 101 Å². The van der Waals surface area contributed by atoms with E-state index in [9.17, 15) is 4.79 Å². The molecule has 1 aromatic carbocycles. The predicted molar refractivity (Wildman–Crippen MR) is 64.7 cm³/mol. The second-order valence-electron chi connectivity index (χ2n) is 4.50. The summed E-state index contributed by atoms with van der Waals surface area (Å²) in [6.45, 7) is 0.380. The number of hydrogen-bond acceptors (Lipinski definition) is 3. The van der Waals surface area contributed by atoms with Gasteiger partial charge in [0.05, 0.1) is 6.61 Å². The number of rotatable bonds is 6. The normalized spacial score (nSPS) is 16.5. The molecule has 0 aromatic heterocycles. The van der Waals surface area contributed by atoms with Crippen molar-refractivity contribution in [2.75, 3.05) is 0 Å². The highest BCUT2D eigenvalue weighted by Gasteiger charge is 2.29. The summed E-state index contributed by atoms with van der Waals surface area (Å²) in [5.41, 5.74) is 9.30. The largest absolute Gasteiger partial charge is 0.327 e. The van der Waals surface area contributed by atoms with Crippen LogP contribution in [0.3, 0.4) is 0 Å². The van der Waals surface area contributed by atoms with Crippen LogP contribution in [0.2, 0.25) is 0 Å². The third-order valence-electron chi connectivity index (χ3n) is 2.92. The Hall–Kier alpha value is -1.39. The van der Waals surface area contributed by atoms with Gasteiger partial charge in [0.15, 0.2) is 0 Å². The molecule has 1 aliphatic carbocycles. The van der Waals surface area contributed by atoms with Crippen molar-refractivity contribution >= 4 is 5.91 Å². The number of nitrogens with two attached hydrogens (primary N) is 1. The molecule has 3 N–H and O–H groups in total. The molecule has 1 atom stereocenters. The van der Waals surface area contributed by atoms with Gasteiger partial charge in [-0.15, -0.1) is 0 Å². The maximum atomic E-state index is 11.5. The Bertz CT molecular complexity index is 363. The molecule has 0 saturated heterocycles. The Morgan fingerprint density at radius 3 is 2.76 bits per heavy atom. The average Bonchev–Trinajstić information content (AvgIpc) is 3.14. The van der Waals surface area contributed by atoms with Gasteiger partial charge in [0, 0.05) is 12.5 Å². The quantitative estimate of drug-likeness (QED) is 0.730. The van der Waals surface area contributed by atoms with Crippen molar-refractivity contribution in [3.63, 3.8) is 0 Å². The standard InChI is InChI=1S/C13H18N2O2/c14-12(11-6-7-11)8-13(16)15-17-9-10-4-2-1-3-5-10/h1-5,11-12H,6-9,14H2,(H,15,16). The fourth-order valence-corrected chi connectivity index (χ4v) is 1.72. The van der Waals surface area contributed by atoms with E-state index in [0.717, 1.165) is 18.4 Å². The SMILES string of the molecule is NC(CC(=O)NOCc1ccccc1)C1CC1. The van der Waals surface area contributed by atoms with Gasteiger partial charge in [-0.2, -0.15) is 0 Å². The molecule has 1 saturated carbocycles. The van der Waals surface area contributed by atoms with Gasteiger partial charge < -0.3 is 5.73 Å². The molecule has 1 aromatic rings. The third-order valence-corrected chi connectivity index (χ3v) is 2.92. The lowest BCUT2D eigenvalue weighted by atomic mass is 10.1. The highest BCUT2D eigenvalue weighted by atomic mass is 16.6. The molecular formula is C13H18N2O2. The van der Waals surface area contributed by atoms with Crippen molar-refractivity contribution in [3.05, 3.63) is 35.9 Å². The molecule has 1 amide bonds. The van der Waals surface area contributed by atoms with Crippen LogP contribution in [0.15, 0.2) is 30.3 Å². The Kier molecular flexibility index (Phi) is 4.12. The van der Waals surface area contributed by atoms with Crippen molar-refractivity contribution in [1.82, 2.24) is 5.48 Å². The van der Waals surface area contributed by atoms with Crippen LogP contribution in [-0.2, 0) is 16.2 Å². The van der Waals surface area contributed by atoms with Gasteiger partial charge in [-0.1, -0.05) is 30.3 Å². The van der Waals surface area contributed by atoms with Crippen molar-refractivity contribution in [2.45, 2.75) is 31.9 Å². The summed E-state index contributed by atoms with van der Waals surface area (Å²) in [5, 5.41) is 0. The first-order valence-corrected chi connectivity index (χ1v) is 5.96. The molecule has 4 nitrogen and oxygen atoms in total. The summed E-state index contributed by atoms with van der Waals surface area (Å²) >= 11 is 0. The second-order valence-corrected chi connectivity index (χ2v) is 4.50. The van der Waals surface area contributed by atoms with Crippen LogP contribution in [0, 0.1) is 5.92 Å². The summed E-state index contributed by atoms with van der Waals surface area (Å²) in [6.07, 6.45) is 2.65. The second kappa shape index (κ2) is 5.80. The Morgan fingerprint density at radius 2 is 2.12 bits per heavy atom. The molecular weight excluding hydrogens is 216 g/mol. The molecule has 4 heteroatoms. The number of carbonyl (C=O) groups is 1. The zero-order valence-electron chi connectivity index (χ0n) is 9.76. The van der Waals surface area contributed by atoms with E-state index in [2.05, 4.69) is 5.48 Å². The number of nitrogens with one attached hydrogen (secondary N) is 1. The molecule has 0 bridgehead atoms. The molecule has 2 rings (SSSR count). The van der Waals surface area contributed by atoms with Crippen molar-refractivity contribution in [2.24, 2.45) is 11.7 Å². The molecule has 0 aliphatic heterocycles. The fourth-order valence-electron chi connectivity index (χ4n) is 1.72. The van der Waals surface area contributed by atoms with E-state index in [1.807, 2.05) is 30.3 Å². The maximum absolute atomic E-state index is 11.5. The monoisotopic (exact) mass is 234 g/mol. The van der Waals surface area contributed by atoms with Crippen LogP contribution < -0.4 is 11.2 Å². The highest BCUT2D eigenvalue weighted by Crippen LogP contribution is 2.32. The predicted octanol–water partition coefficient (Wildman–Crippen LogP) is 1.36. The Balaban J connectivity index is 1.63. The zero-order valence-corrected chi connectivity index (χ0v) is 9.76. The van der Waals surface area contributed by atoms with Crippen LogP contribution in [0.5, 0.6) is 0 Å². The van der Waals surface area contributed by atoms with Crippen LogP contribution in [-0.4, -0.2) is 11.9 Å². The van der Waals surface area contributed by atoms with Crippen LogP contribution in [0.1, 0.15) is 24.8 Å². The molecule has 1 unspecified atom stereocenters. The molecule has 0 radical (unpaired) electrons. The van der Waals surface area contributed by atoms with E-state index in [0.29, 0.717) is 18.9 Å². The van der Waals surface area contributed by atoms with Crippen LogP contribution in [0.25, 0.3) is 0 Å².